The van der Waals surface area contributed by atoms with Crippen molar-refractivity contribution < 1.29 is 14.3 Å². The average Bonchev–Trinajstić information content (AvgIpc) is 3.20. The molecule has 0 spiro atoms. The van der Waals surface area contributed by atoms with E-state index in [0.717, 1.165) is 16.1 Å². The highest BCUT2D eigenvalue weighted by Gasteiger charge is 2.19. The molecule has 9 heteroatoms. The highest BCUT2D eigenvalue weighted by molar-refractivity contribution is 7.14. The lowest BCUT2D eigenvalue weighted by Crippen LogP contribution is -2.35. The number of anilines is 1. The van der Waals surface area contributed by atoms with Crippen molar-refractivity contribution >= 4 is 29.0 Å². The molecule has 0 unspecified atom stereocenters. The molecule has 0 radical (unpaired) electrons. The Kier molecular flexibility index (Phi) is 5.16. The van der Waals surface area contributed by atoms with E-state index in [1.807, 2.05) is 42.5 Å². The Bertz CT molecular complexity index is 1010. The molecule has 0 saturated carbocycles. The van der Waals surface area contributed by atoms with Crippen molar-refractivity contribution in [3.63, 3.8) is 0 Å². The van der Waals surface area contributed by atoms with Crippen LogP contribution in [0.1, 0.15) is 10.6 Å². The Hall–Kier alpha value is -3.46. The van der Waals surface area contributed by atoms with E-state index in [0.29, 0.717) is 16.4 Å². The molecule has 1 aliphatic rings. The van der Waals surface area contributed by atoms with Gasteiger partial charge in [0.15, 0.2) is 6.61 Å². The van der Waals surface area contributed by atoms with Gasteiger partial charge in [-0.1, -0.05) is 53.8 Å². The summed E-state index contributed by atoms with van der Waals surface area (Å²) in [6.07, 6.45) is 0. The molecule has 0 saturated heterocycles. The smallest absolute Gasteiger partial charge is 0.315 e. The van der Waals surface area contributed by atoms with Crippen molar-refractivity contribution in [2.75, 3.05) is 11.9 Å². The second kappa shape index (κ2) is 8.05. The fourth-order valence-corrected chi connectivity index (χ4v) is 3.51. The Balaban J connectivity index is 1.31. The molecule has 4 rings (SSSR count). The van der Waals surface area contributed by atoms with Crippen LogP contribution in [-0.2, 0) is 17.9 Å². The largest absolute Gasteiger partial charge is 0.482 e. The Morgan fingerprint density at radius 2 is 1.89 bits per heavy atom. The maximum absolute atomic E-state index is 12.1. The fourth-order valence-electron chi connectivity index (χ4n) is 2.72. The molecule has 28 heavy (non-hydrogen) atoms. The van der Waals surface area contributed by atoms with Gasteiger partial charge >= 0.3 is 6.03 Å². The minimum Gasteiger partial charge on any atom is -0.482 e. The minimum absolute atomic E-state index is 0.00279. The van der Waals surface area contributed by atoms with Crippen LogP contribution in [0.25, 0.3) is 10.6 Å². The van der Waals surface area contributed by atoms with Crippen LogP contribution in [0.15, 0.2) is 48.5 Å². The molecule has 1 aliphatic heterocycles. The maximum atomic E-state index is 12.1. The number of aromatic nitrogens is 2. The van der Waals surface area contributed by atoms with E-state index in [2.05, 4.69) is 26.1 Å². The van der Waals surface area contributed by atoms with E-state index in [1.165, 1.54) is 11.3 Å². The standard InChI is InChI=1S/C19H17N5O3S/c25-15-11-27-14-8-4-7-13(17(14)22-15)9-20-19(26)21-10-16-23-24-18(28-16)12-5-2-1-3-6-12/h1-8H,9-11H2,(H,22,25)(H2,20,21,26). The first-order valence-electron chi connectivity index (χ1n) is 8.63. The molecule has 0 bridgehead atoms. The van der Waals surface area contributed by atoms with Gasteiger partial charge in [0.1, 0.15) is 15.8 Å². The number of amides is 3. The summed E-state index contributed by atoms with van der Waals surface area (Å²) in [4.78, 5) is 23.6. The van der Waals surface area contributed by atoms with Crippen LogP contribution in [0, 0.1) is 0 Å². The van der Waals surface area contributed by atoms with Crippen molar-refractivity contribution in [3.05, 3.63) is 59.1 Å². The number of nitrogens with one attached hydrogen (secondary N) is 3. The highest BCUT2D eigenvalue weighted by Crippen LogP contribution is 2.31. The van der Waals surface area contributed by atoms with Gasteiger partial charge in [-0.3, -0.25) is 4.79 Å². The van der Waals surface area contributed by atoms with Gasteiger partial charge in [-0.15, -0.1) is 10.2 Å². The van der Waals surface area contributed by atoms with Crippen molar-refractivity contribution in [3.8, 4) is 16.3 Å². The molecule has 3 aromatic rings. The predicted molar refractivity (Wildman–Crippen MR) is 105 cm³/mol. The maximum Gasteiger partial charge on any atom is 0.315 e. The Labute approximate surface area is 164 Å². The summed E-state index contributed by atoms with van der Waals surface area (Å²) >= 11 is 1.43. The molecule has 142 valence electrons. The van der Waals surface area contributed by atoms with Gasteiger partial charge in [0, 0.05) is 12.1 Å². The van der Waals surface area contributed by atoms with Crippen LogP contribution < -0.4 is 20.7 Å². The molecular weight excluding hydrogens is 378 g/mol. The minimum atomic E-state index is -0.336. The summed E-state index contributed by atoms with van der Waals surface area (Å²) in [6, 6.07) is 14.8. The highest BCUT2D eigenvalue weighted by atomic mass is 32.1. The summed E-state index contributed by atoms with van der Waals surface area (Å²) in [5.41, 5.74) is 2.35. The number of benzene rings is 2. The number of rotatable bonds is 5. The quantitative estimate of drug-likeness (QED) is 0.616. The summed E-state index contributed by atoms with van der Waals surface area (Å²) in [7, 11) is 0. The lowest BCUT2D eigenvalue weighted by Gasteiger charge is -2.20. The van der Waals surface area contributed by atoms with Gasteiger partial charge < -0.3 is 20.7 Å². The number of hydrogen-bond donors (Lipinski definition) is 3. The number of fused-ring (bicyclic) bond motifs is 1. The van der Waals surface area contributed by atoms with Crippen LogP contribution in [0.2, 0.25) is 0 Å². The van der Waals surface area contributed by atoms with Crippen LogP contribution in [-0.4, -0.2) is 28.7 Å². The van der Waals surface area contributed by atoms with E-state index in [4.69, 9.17) is 4.74 Å². The van der Waals surface area contributed by atoms with Crippen LogP contribution >= 0.6 is 11.3 Å². The third kappa shape index (κ3) is 4.09. The van der Waals surface area contributed by atoms with E-state index < -0.39 is 0 Å². The molecule has 0 fully saturated rings. The zero-order chi connectivity index (χ0) is 19.3. The average molecular weight is 395 g/mol. The number of urea groups is 1. The molecule has 2 aromatic carbocycles. The number of carbonyl (C=O) groups excluding carboxylic acids is 2. The first-order valence-corrected chi connectivity index (χ1v) is 9.45. The second-order valence-corrected chi connectivity index (χ2v) is 7.09. The molecule has 0 aliphatic carbocycles. The van der Waals surface area contributed by atoms with E-state index in [9.17, 15) is 9.59 Å². The first-order chi connectivity index (χ1) is 13.7. The summed E-state index contributed by atoms with van der Waals surface area (Å²) in [5, 5.41) is 18.1. The number of ether oxygens (including phenoxy) is 1. The molecule has 8 nitrogen and oxygen atoms in total. The zero-order valence-corrected chi connectivity index (χ0v) is 15.6. The number of para-hydroxylation sites is 1. The molecule has 1 aromatic heterocycles. The third-order valence-corrected chi connectivity index (χ3v) is 5.04. The van der Waals surface area contributed by atoms with E-state index in [-0.39, 0.29) is 31.6 Å². The number of nitrogens with zero attached hydrogens (tertiary/aromatic N) is 2. The topological polar surface area (TPSA) is 105 Å². The van der Waals surface area contributed by atoms with Crippen molar-refractivity contribution in [1.29, 1.82) is 0 Å². The Morgan fingerprint density at radius 1 is 1.07 bits per heavy atom. The first kappa shape index (κ1) is 17.9. The zero-order valence-electron chi connectivity index (χ0n) is 14.8. The van der Waals surface area contributed by atoms with Gasteiger partial charge in [0.25, 0.3) is 5.91 Å². The summed E-state index contributed by atoms with van der Waals surface area (Å²) < 4.78 is 5.37. The molecular formula is C19H17N5O3S. The van der Waals surface area contributed by atoms with Gasteiger partial charge in [-0.05, 0) is 11.6 Å². The monoisotopic (exact) mass is 395 g/mol. The summed E-state index contributed by atoms with van der Waals surface area (Å²) in [5.74, 6) is 0.386. The second-order valence-electron chi connectivity index (χ2n) is 6.03. The fraction of sp³-hybridized carbons (Fsp3) is 0.158. The lowest BCUT2D eigenvalue weighted by atomic mass is 10.1. The van der Waals surface area contributed by atoms with Gasteiger partial charge in [-0.25, -0.2) is 4.79 Å². The van der Waals surface area contributed by atoms with E-state index >= 15 is 0 Å². The van der Waals surface area contributed by atoms with E-state index in [1.54, 1.807) is 6.07 Å². The third-order valence-electron chi connectivity index (χ3n) is 4.06. The number of hydrogen-bond acceptors (Lipinski definition) is 6. The van der Waals surface area contributed by atoms with Gasteiger partial charge in [0.05, 0.1) is 12.2 Å². The molecule has 3 N–H and O–H groups in total. The predicted octanol–water partition coefficient (Wildman–Crippen LogP) is 2.54. The molecule has 3 amide bonds. The lowest BCUT2D eigenvalue weighted by molar-refractivity contribution is -0.118. The normalized spacial score (nSPS) is 12.5. The van der Waals surface area contributed by atoms with Crippen molar-refractivity contribution in [2.45, 2.75) is 13.1 Å². The number of carbonyl (C=O) groups is 2. The van der Waals surface area contributed by atoms with Gasteiger partial charge in [-0.2, -0.15) is 0 Å². The SMILES string of the molecule is O=C1COc2cccc(CNC(=O)NCc3nnc(-c4ccccc4)s3)c2N1. The van der Waals surface area contributed by atoms with Crippen molar-refractivity contribution in [2.24, 2.45) is 0 Å². The summed E-state index contributed by atoms with van der Waals surface area (Å²) in [6.45, 7) is 0.532. The Morgan fingerprint density at radius 3 is 2.75 bits per heavy atom. The molecule has 0 atom stereocenters. The molecule has 2 heterocycles. The van der Waals surface area contributed by atoms with Crippen LogP contribution in [0.3, 0.4) is 0 Å². The van der Waals surface area contributed by atoms with Crippen LogP contribution in [0.5, 0.6) is 5.75 Å². The van der Waals surface area contributed by atoms with Crippen LogP contribution in [0.4, 0.5) is 10.5 Å². The van der Waals surface area contributed by atoms with Crippen molar-refractivity contribution in [1.82, 2.24) is 20.8 Å². The van der Waals surface area contributed by atoms with Gasteiger partial charge in [0.2, 0.25) is 0 Å².